The van der Waals surface area contributed by atoms with Gasteiger partial charge in [0, 0.05) is 6.20 Å². The van der Waals surface area contributed by atoms with E-state index in [2.05, 4.69) is 24.4 Å². The van der Waals surface area contributed by atoms with Crippen molar-refractivity contribution >= 4 is 5.91 Å². The van der Waals surface area contributed by atoms with E-state index >= 15 is 0 Å². The minimum absolute atomic E-state index is 0.308. The van der Waals surface area contributed by atoms with E-state index in [1.165, 1.54) is 0 Å². The van der Waals surface area contributed by atoms with E-state index in [0.717, 1.165) is 17.8 Å². The predicted octanol–water partition coefficient (Wildman–Crippen LogP) is 1.67. The molecule has 19 heavy (non-hydrogen) atoms. The van der Waals surface area contributed by atoms with E-state index in [0.29, 0.717) is 11.5 Å². The zero-order valence-corrected chi connectivity index (χ0v) is 11.1. The SMILES string of the molecule is CC(C)Cc1nn(-c2ccccc2)cc1C(=O)NN. The van der Waals surface area contributed by atoms with Crippen LogP contribution in [0.4, 0.5) is 0 Å². The smallest absolute Gasteiger partial charge is 0.268 e. The van der Waals surface area contributed by atoms with Crippen LogP contribution in [0.15, 0.2) is 36.5 Å². The molecule has 0 radical (unpaired) electrons. The molecule has 0 saturated carbocycles. The first-order valence-electron chi connectivity index (χ1n) is 6.26. The topological polar surface area (TPSA) is 72.9 Å². The molecule has 0 unspecified atom stereocenters. The van der Waals surface area contributed by atoms with Crippen molar-refractivity contribution in [3.63, 3.8) is 0 Å². The fraction of sp³-hybridized carbons (Fsp3) is 0.286. The maximum absolute atomic E-state index is 11.8. The first kappa shape index (κ1) is 13.3. The van der Waals surface area contributed by atoms with E-state index in [1.807, 2.05) is 30.3 Å². The van der Waals surface area contributed by atoms with Crippen molar-refractivity contribution in [2.24, 2.45) is 11.8 Å². The van der Waals surface area contributed by atoms with Gasteiger partial charge in [-0.15, -0.1) is 0 Å². The van der Waals surface area contributed by atoms with E-state index in [9.17, 15) is 4.79 Å². The molecule has 100 valence electrons. The summed E-state index contributed by atoms with van der Waals surface area (Å²) in [5.41, 5.74) is 4.38. The summed E-state index contributed by atoms with van der Waals surface area (Å²) in [5.74, 6) is 5.33. The summed E-state index contributed by atoms with van der Waals surface area (Å²) in [4.78, 5) is 11.8. The minimum Gasteiger partial charge on any atom is -0.290 e. The third-order valence-corrected chi connectivity index (χ3v) is 2.79. The highest BCUT2D eigenvalue weighted by Crippen LogP contribution is 2.15. The molecule has 0 bridgehead atoms. The molecule has 0 spiro atoms. The molecule has 3 N–H and O–H groups in total. The Morgan fingerprint density at radius 3 is 2.63 bits per heavy atom. The molecule has 0 aliphatic rings. The summed E-state index contributed by atoms with van der Waals surface area (Å²) in [6.45, 7) is 4.18. The Labute approximate surface area is 112 Å². The first-order valence-corrected chi connectivity index (χ1v) is 6.26. The van der Waals surface area contributed by atoms with Crippen molar-refractivity contribution < 1.29 is 4.79 Å². The molecule has 5 heteroatoms. The maximum atomic E-state index is 11.8. The number of para-hydroxylation sites is 1. The number of aromatic nitrogens is 2. The highest BCUT2D eigenvalue weighted by Gasteiger charge is 2.17. The summed E-state index contributed by atoms with van der Waals surface area (Å²) in [6.07, 6.45) is 2.46. The molecule has 5 nitrogen and oxygen atoms in total. The van der Waals surface area contributed by atoms with Crippen molar-refractivity contribution in [2.45, 2.75) is 20.3 Å². The number of hydrazine groups is 1. The second-order valence-electron chi connectivity index (χ2n) is 4.84. The molecule has 1 heterocycles. The number of nitrogens with two attached hydrogens (primary N) is 1. The fourth-order valence-corrected chi connectivity index (χ4v) is 1.93. The normalized spacial score (nSPS) is 10.7. The third kappa shape index (κ3) is 3.00. The lowest BCUT2D eigenvalue weighted by molar-refractivity contribution is 0.0952. The van der Waals surface area contributed by atoms with Crippen LogP contribution in [0.25, 0.3) is 5.69 Å². The standard InChI is InChI=1S/C14H18N4O/c1-10(2)8-13-12(14(19)16-15)9-18(17-13)11-6-4-3-5-7-11/h3-7,9-10H,8,15H2,1-2H3,(H,16,19). The molecule has 1 aromatic carbocycles. The van der Waals surface area contributed by atoms with E-state index in [4.69, 9.17) is 5.84 Å². The molecule has 0 aliphatic carbocycles. The van der Waals surface area contributed by atoms with Crippen LogP contribution in [0.3, 0.4) is 0 Å². The number of nitrogens with one attached hydrogen (secondary N) is 1. The fourth-order valence-electron chi connectivity index (χ4n) is 1.93. The summed E-state index contributed by atoms with van der Waals surface area (Å²) in [6, 6.07) is 9.69. The quantitative estimate of drug-likeness (QED) is 0.498. The van der Waals surface area contributed by atoms with Crippen LogP contribution in [-0.2, 0) is 6.42 Å². The number of amides is 1. The number of carbonyl (C=O) groups excluding carboxylic acids is 1. The van der Waals surface area contributed by atoms with Crippen molar-refractivity contribution in [3.05, 3.63) is 47.8 Å². The second kappa shape index (κ2) is 5.67. The Balaban J connectivity index is 2.42. The zero-order chi connectivity index (χ0) is 13.8. The van der Waals surface area contributed by atoms with Gasteiger partial charge in [-0.3, -0.25) is 10.2 Å². The molecule has 1 amide bonds. The Bertz CT molecular complexity index is 560. The number of hydrogen-bond donors (Lipinski definition) is 2. The molecule has 0 aliphatic heterocycles. The van der Waals surface area contributed by atoms with Gasteiger partial charge < -0.3 is 0 Å². The summed E-state index contributed by atoms with van der Waals surface area (Å²) in [5, 5.41) is 4.49. The van der Waals surface area contributed by atoms with Crippen LogP contribution in [0, 0.1) is 5.92 Å². The highest BCUT2D eigenvalue weighted by atomic mass is 16.2. The predicted molar refractivity (Wildman–Crippen MR) is 73.8 cm³/mol. The number of benzene rings is 1. The largest absolute Gasteiger partial charge is 0.290 e. The van der Waals surface area contributed by atoms with E-state index < -0.39 is 0 Å². The maximum Gasteiger partial charge on any atom is 0.268 e. The van der Waals surface area contributed by atoms with Gasteiger partial charge in [0.05, 0.1) is 16.9 Å². The van der Waals surface area contributed by atoms with Crippen molar-refractivity contribution in [3.8, 4) is 5.69 Å². The minimum atomic E-state index is -0.308. The Morgan fingerprint density at radius 2 is 2.05 bits per heavy atom. The van der Waals surface area contributed by atoms with Gasteiger partial charge in [-0.1, -0.05) is 32.0 Å². The molecule has 2 aromatic rings. The molecule has 0 fully saturated rings. The van der Waals surface area contributed by atoms with Gasteiger partial charge >= 0.3 is 0 Å². The second-order valence-corrected chi connectivity index (χ2v) is 4.84. The monoisotopic (exact) mass is 258 g/mol. The molecule has 0 saturated heterocycles. The van der Waals surface area contributed by atoms with Gasteiger partial charge in [-0.2, -0.15) is 5.10 Å². The summed E-state index contributed by atoms with van der Waals surface area (Å²) < 4.78 is 1.71. The van der Waals surface area contributed by atoms with Gasteiger partial charge in [0.2, 0.25) is 0 Å². The van der Waals surface area contributed by atoms with Crippen LogP contribution in [0.5, 0.6) is 0 Å². The highest BCUT2D eigenvalue weighted by molar-refractivity contribution is 5.94. The van der Waals surface area contributed by atoms with Crippen molar-refractivity contribution in [2.75, 3.05) is 0 Å². The Morgan fingerprint density at radius 1 is 1.37 bits per heavy atom. The average molecular weight is 258 g/mol. The van der Waals surface area contributed by atoms with Crippen LogP contribution in [0.1, 0.15) is 29.9 Å². The molecule has 2 rings (SSSR count). The van der Waals surface area contributed by atoms with Crippen LogP contribution >= 0.6 is 0 Å². The van der Waals surface area contributed by atoms with Gasteiger partial charge in [-0.05, 0) is 24.5 Å². The Hall–Kier alpha value is -2.14. The van der Waals surface area contributed by atoms with Gasteiger partial charge in [-0.25, -0.2) is 10.5 Å². The third-order valence-electron chi connectivity index (χ3n) is 2.79. The molecule has 1 aromatic heterocycles. The van der Waals surface area contributed by atoms with Crippen LogP contribution in [-0.4, -0.2) is 15.7 Å². The van der Waals surface area contributed by atoms with E-state index in [1.54, 1.807) is 10.9 Å². The van der Waals surface area contributed by atoms with Crippen LogP contribution < -0.4 is 11.3 Å². The van der Waals surface area contributed by atoms with E-state index in [-0.39, 0.29) is 5.91 Å². The van der Waals surface area contributed by atoms with Gasteiger partial charge in [0.1, 0.15) is 0 Å². The van der Waals surface area contributed by atoms with Gasteiger partial charge in [0.15, 0.2) is 0 Å². The number of rotatable bonds is 4. The van der Waals surface area contributed by atoms with Crippen molar-refractivity contribution in [1.29, 1.82) is 0 Å². The number of nitrogens with zero attached hydrogens (tertiary/aromatic N) is 2. The van der Waals surface area contributed by atoms with Crippen LogP contribution in [0.2, 0.25) is 0 Å². The van der Waals surface area contributed by atoms with Gasteiger partial charge in [0.25, 0.3) is 5.91 Å². The lowest BCUT2D eigenvalue weighted by Crippen LogP contribution is -2.30. The molecule has 0 atom stereocenters. The molecular weight excluding hydrogens is 240 g/mol. The zero-order valence-electron chi connectivity index (χ0n) is 11.1. The Kier molecular flexibility index (Phi) is 3.97. The lowest BCUT2D eigenvalue weighted by atomic mass is 10.1. The lowest BCUT2D eigenvalue weighted by Gasteiger charge is -2.03. The summed E-state index contributed by atoms with van der Waals surface area (Å²) >= 11 is 0. The number of nitrogen functional groups attached to an aromatic ring is 1. The molecular formula is C14H18N4O. The number of hydrogen-bond acceptors (Lipinski definition) is 3. The summed E-state index contributed by atoms with van der Waals surface area (Å²) in [7, 11) is 0. The average Bonchev–Trinajstić information content (AvgIpc) is 2.82. The number of carbonyl (C=O) groups is 1. The van der Waals surface area contributed by atoms with Crippen molar-refractivity contribution in [1.82, 2.24) is 15.2 Å². The first-order chi connectivity index (χ1) is 9.11.